The number of benzene rings is 1. The summed E-state index contributed by atoms with van der Waals surface area (Å²) >= 11 is 5.93. The molecule has 1 unspecified atom stereocenters. The van der Waals surface area contributed by atoms with Crippen molar-refractivity contribution >= 4 is 17.6 Å². The van der Waals surface area contributed by atoms with Gasteiger partial charge in [-0.15, -0.1) is 0 Å². The minimum atomic E-state index is -0.959. The van der Waals surface area contributed by atoms with Crippen LogP contribution in [0.25, 0.3) is 0 Å². The Morgan fingerprint density at radius 1 is 1.38 bits per heavy atom. The first kappa shape index (κ1) is 12.6. The molecule has 0 aromatic heterocycles. The largest absolute Gasteiger partial charge is 0.496 e. The van der Waals surface area contributed by atoms with Crippen LogP contribution in [0.2, 0.25) is 5.02 Å². The Bertz CT molecular complexity index is 403. The van der Waals surface area contributed by atoms with E-state index in [9.17, 15) is 4.79 Å². The van der Waals surface area contributed by atoms with Gasteiger partial charge in [-0.05, 0) is 19.1 Å². The minimum absolute atomic E-state index is 0.343. The van der Waals surface area contributed by atoms with Crippen LogP contribution in [0.5, 0.6) is 11.5 Å². The minimum Gasteiger partial charge on any atom is -0.496 e. The number of rotatable bonds is 4. The van der Waals surface area contributed by atoms with E-state index >= 15 is 0 Å². The van der Waals surface area contributed by atoms with Gasteiger partial charge in [-0.2, -0.15) is 0 Å². The number of carbonyl (C=O) groups is 1. The molecule has 1 aromatic rings. The molecule has 0 aliphatic heterocycles. The molecule has 0 aliphatic rings. The highest BCUT2D eigenvalue weighted by molar-refractivity contribution is 6.32. The van der Waals surface area contributed by atoms with E-state index in [4.69, 9.17) is 26.2 Å². The summed E-state index contributed by atoms with van der Waals surface area (Å²) in [6.07, 6.45) is 0. The molecule has 5 heteroatoms. The van der Waals surface area contributed by atoms with Crippen molar-refractivity contribution in [3.63, 3.8) is 0 Å². The first-order valence-electron chi connectivity index (χ1n) is 4.66. The average Bonchev–Trinajstić information content (AvgIpc) is 2.27. The number of aliphatic carboxylic acids is 1. The predicted octanol–water partition coefficient (Wildman–Crippen LogP) is 2.55. The van der Waals surface area contributed by atoms with Gasteiger partial charge < -0.3 is 14.6 Å². The number of hydrogen-bond acceptors (Lipinski definition) is 3. The van der Waals surface area contributed by atoms with E-state index in [2.05, 4.69) is 0 Å². The van der Waals surface area contributed by atoms with Crippen LogP contribution in [0.3, 0.4) is 0 Å². The fourth-order valence-electron chi connectivity index (χ4n) is 1.47. The molecule has 0 amide bonds. The van der Waals surface area contributed by atoms with Gasteiger partial charge in [0.25, 0.3) is 0 Å². The molecule has 1 N–H and O–H groups in total. The van der Waals surface area contributed by atoms with E-state index in [-0.39, 0.29) is 0 Å². The zero-order chi connectivity index (χ0) is 12.3. The Labute approximate surface area is 98.7 Å². The van der Waals surface area contributed by atoms with Crippen LogP contribution >= 0.6 is 11.6 Å². The van der Waals surface area contributed by atoms with E-state index in [1.165, 1.54) is 14.2 Å². The van der Waals surface area contributed by atoms with Gasteiger partial charge in [0.15, 0.2) is 0 Å². The number of methoxy groups -OCH3 is 2. The third kappa shape index (κ3) is 2.22. The summed E-state index contributed by atoms with van der Waals surface area (Å²) in [6.45, 7) is 1.55. The van der Waals surface area contributed by atoms with Crippen LogP contribution in [0.15, 0.2) is 12.1 Å². The SMILES string of the molecule is COc1ccc(Cl)c(OC)c1C(C)C(=O)O. The third-order valence-corrected chi connectivity index (χ3v) is 2.63. The number of carboxylic acid groups (broad SMARTS) is 1. The van der Waals surface area contributed by atoms with Crippen LogP contribution in [0, 0.1) is 0 Å². The summed E-state index contributed by atoms with van der Waals surface area (Å²) in [5.41, 5.74) is 0.449. The van der Waals surface area contributed by atoms with E-state index in [0.717, 1.165) is 0 Å². The molecule has 0 saturated heterocycles. The van der Waals surface area contributed by atoms with Crippen molar-refractivity contribution in [2.24, 2.45) is 0 Å². The lowest BCUT2D eigenvalue weighted by atomic mass is 9.99. The van der Waals surface area contributed by atoms with Crippen LogP contribution < -0.4 is 9.47 Å². The summed E-state index contributed by atoms with van der Waals surface area (Å²) in [7, 11) is 2.92. The maximum absolute atomic E-state index is 11.0. The Morgan fingerprint density at radius 3 is 2.44 bits per heavy atom. The van der Waals surface area contributed by atoms with E-state index < -0.39 is 11.9 Å². The van der Waals surface area contributed by atoms with Crippen molar-refractivity contribution in [3.8, 4) is 11.5 Å². The van der Waals surface area contributed by atoms with Crippen LogP contribution in [-0.4, -0.2) is 25.3 Å². The van der Waals surface area contributed by atoms with Gasteiger partial charge in [-0.3, -0.25) is 4.79 Å². The van der Waals surface area contributed by atoms with Gasteiger partial charge in [0, 0.05) is 0 Å². The van der Waals surface area contributed by atoms with Crippen molar-refractivity contribution in [2.45, 2.75) is 12.8 Å². The predicted molar refractivity (Wildman–Crippen MR) is 60.6 cm³/mol. The molecule has 0 saturated carbocycles. The Kier molecular flexibility index (Phi) is 4.01. The molecule has 1 aromatic carbocycles. The first-order valence-corrected chi connectivity index (χ1v) is 5.03. The molecule has 0 heterocycles. The fraction of sp³-hybridized carbons (Fsp3) is 0.364. The zero-order valence-corrected chi connectivity index (χ0v) is 10.0. The van der Waals surface area contributed by atoms with Gasteiger partial charge in [0.2, 0.25) is 0 Å². The quantitative estimate of drug-likeness (QED) is 0.884. The van der Waals surface area contributed by atoms with Gasteiger partial charge in [-0.25, -0.2) is 0 Å². The lowest BCUT2D eigenvalue weighted by molar-refractivity contribution is -0.138. The van der Waals surface area contributed by atoms with E-state index in [1.54, 1.807) is 19.1 Å². The summed E-state index contributed by atoms with van der Waals surface area (Å²) < 4.78 is 10.2. The maximum atomic E-state index is 11.0. The summed E-state index contributed by atoms with van der Waals surface area (Å²) in [4.78, 5) is 11.0. The molecule has 0 bridgehead atoms. The van der Waals surface area contributed by atoms with Crippen molar-refractivity contribution in [2.75, 3.05) is 14.2 Å². The van der Waals surface area contributed by atoms with Crippen LogP contribution in [-0.2, 0) is 4.79 Å². The Morgan fingerprint density at radius 2 is 2.00 bits per heavy atom. The van der Waals surface area contributed by atoms with Crippen molar-refractivity contribution in [3.05, 3.63) is 22.7 Å². The Balaban J connectivity index is 3.41. The summed E-state index contributed by atoms with van der Waals surface area (Å²) in [6, 6.07) is 3.23. The van der Waals surface area contributed by atoms with Gasteiger partial charge in [-0.1, -0.05) is 11.6 Å². The Hall–Kier alpha value is -1.42. The fourth-order valence-corrected chi connectivity index (χ4v) is 1.72. The average molecular weight is 245 g/mol. The lowest BCUT2D eigenvalue weighted by Crippen LogP contribution is -2.10. The number of carboxylic acids is 1. The monoisotopic (exact) mass is 244 g/mol. The molecule has 1 atom stereocenters. The van der Waals surface area contributed by atoms with E-state index in [0.29, 0.717) is 22.1 Å². The molecule has 4 nitrogen and oxygen atoms in total. The molecular weight excluding hydrogens is 232 g/mol. The second-order valence-corrected chi connectivity index (χ2v) is 3.66. The zero-order valence-electron chi connectivity index (χ0n) is 9.28. The number of ether oxygens (including phenoxy) is 2. The third-order valence-electron chi connectivity index (χ3n) is 2.34. The molecule has 16 heavy (non-hydrogen) atoms. The second kappa shape index (κ2) is 5.07. The highest BCUT2D eigenvalue weighted by Crippen LogP contribution is 2.40. The number of halogens is 1. The molecule has 1 rings (SSSR count). The second-order valence-electron chi connectivity index (χ2n) is 3.26. The maximum Gasteiger partial charge on any atom is 0.310 e. The van der Waals surface area contributed by atoms with E-state index in [1.807, 2.05) is 0 Å². The molecule has 0 aliphatic carbocycles. The van der Waals surface area contributed by atoms with Gasteiger partial charge in [0.05, 0.1) is 30.7 Å². The molecular formula is C11H13ClO4. The van der Waals surface area contributed by atoms with Crippen LogP contribution in [0.4, 0.5) is 0 Å². The van der Waals surface area contributed by atoms with Crippen molar-refractivity contribution < 1.29 is 19.4 Å². The van der Waals surface area contributed by atoms with Gasteiger partial charge in [0.1, 0.15) is 11.5 Å². The highest BCUT2D eigenvalue weighted by Gasteiger charge is 2.24. The smallest absolute Gasteiger partial charge is 0.310 e. The topological polar surface area (TPSA) is 55.8 Å². The van der Waals surface area contributed by atoms with Gasteiger partial charge >= 0.3 is 5.97 Å². The molecule has 0 spiro atoms. The standard InChI is InChI=1S/C11H13ClO4/c1-6(11(13)14)9-8(15-2)5-4-7(12)10(9)16-3/h4-6H,1-3H3,(H,13,14). The molecule has 88 valence electrons. The lowest BCUT2D eigenvalue weighted by Gasteiger charge is -2.17. The number of hydrogen-bond donors (Lipinski definition) is 1. The molecule has 0 radical (unpaired) electrons. The summed E-state index contributed by atoms with van der Waals surface area (Å²) in [5, 5.41) is 9.38. The van der Waals surface area contributed by atoms with Crippen molar-refractivity contribution in [1.29, 1.82) is 0 Å². The molecule has 0 fully saturated rings. The van der Waals surface area contributed by atoms with Crippen molar-refractivity contribution in [1.82, 2.24) is 0 Å². The summed E-state index contributed by atoms with van der Waals surface area (Å²) in [5.74, 6) is -0.908. The normalized spacial score (nSPS) is 12.0. The highest BCUT2D eigenvalue weighted by atomic mass is 35.5. The van der Waals surface area contributed by atoms with Crippen LogP contribution in [0.1, 0.15) is 18.4 Å². The first-order chi connectivity index (χ1) is 7.52.